The maximum atomic E-state index is 12.7. The van der Waals surface area contributed by atoms with E-state index in [0.29, 0.717) is 10.6 Å². The Morgan fingerprint density at radius 3 is 3.00 bits per heavy atom. The smallest absolute Gasteiger partial charge is 0.255 e. The van der Waals surface area contributed by atoms with Gasteiger partial charge in [0.15, 0.2) is 0 Å². The molecule has 0 aliphatic carbocycles. The molecule has 104 valence electrons. The van der Waals surface area contributed by atoms with E-state index in [2.05, 4.69) is 28.2 Å². The molecule has 1 aromatic rings. The van der Waals surface area contributed by atoms with Crippen molar-refractivity contribution in [2.24, 2.45) is 0 Å². The third kappa shape index (κ3) is 3.30. The zero-order valence-corrected chi connectivity index (χ0v) is 13.3. The van der Waals surface area contributed by atoms with Gasteiger partial charge in [0.1, 0.15) is 0 Å². The summed E-state index contributed by atoms with van der Waals surface area (Å²) in [5.41, 5.74) is 0.580. The first kappa shape index (κ1) is 14.8. The van der Waals surface area contributed by atoms with E-state index in [1.807, 2.05) is 17.0 Å². The van der Waals surface area contributed by atoms with Gasteiger partial charge < -0.3 is 10.2 Å². The van der Waals surface area contributed by atoms with E-state index in [9.17, 15) is 4.79 Å². The predicted molar refractivity (Wildman–Crippen MR) is 81.8 cm³/mol. The highest BCUT2D eigenvalue weighted by atomic mass is 79.9. The number of nitrogens with one attached hydrogen (secondary N) is 1. The third-order valence-electron chi connectivity index (χ3n) is 3.38. The lowest BCUT2D eigenvalue weighted by Crippen LogP contribution is -2.42. The van der Waals surface area contributed by atoms with Gasteiger partial charge in [-0.15, -0.1) is 0 Å². The minimum atomic E-state index is 0.0295. The van der Waals surface area contributed by atoms with Crippen LogP contribution in [0.2, 0.25) is 5.02 Å². The lowest BCUT2D eigenvalue weighted by atomic mass is 10.1. The van der Waals surface area contributed by atoms with Crippen molar-refractivity contribution in [2.45, 2.75) is 25.8 Å². The molecule has 0 radical (unpaired) electrons. The summed E-state index contributed by atoms with van der Waals surface area (Å²) in [7, 11) is 0. The fourth-order valence-corrected chi connectivity index (χ4v) is 2.99. The first-order valence-corrected chi connectivity index (χ1v) is 7.78. The Labute approximate surface area is 127 Å². The van der Waals surface area contributed by atoms with Crippen molar-refractivity contribution in [1.82, 2.24) is 10.2 Å². The van der Waals surface area contributed by atoms with Gasteiger partial charge in [-0.1, -0.05) is 24.6 Å². The molecule has 0 saturated carbocycles. The molecule has 5 heteroatoms. The summed E-state index contributed by atoms with van der Waals surface area (Å²) in [6.45, 7) is 4.71. The number of hydrogen-bond acceptors (Lipinski definition) is 2. The minimum Gasteiger partial charge on any atom is -0.334 e. The maximum Gasteiger partial charge on any atom is 0.255 e. The topological polar surface area (TPSA) is 32.3 Å². The molecule has 1 amide bonds. The maximum absolute atomic E-state index is 12.7. The Bertz CT molecular complexity index is 461. The van der Waals surface area contributed by atoms with Gasteiger partial charge in [-0.3, -0.25) is 4.79 Å². The van der Waals surface area contributed by atoms with Gasteiger partial charge in [-0.05, 0) is 47.4 Å². The van der Waals surface area contributed by atoms with Crippen LogP contribution in [0.4, 0.5) is 0 Å². The molecule has 1 heterocycles. The van der Waals surface area contributed by atoms with Crippen LogP contribution in [0, 0.1) is 0 Å². The van der Waals surface area contributed by atoms with E-state index >= 15 is 0 Å². The molecule has 1 aliphatic rings. The molecule has 1 N–H and O–H groups in total. The normalized spacial score (nSPS) is 18.6. The quantitative estimate of drug-likeness (QED) is 0.908. The van der Waals surface area contributed by atoms with E-state index in [1.54, 1.807) is 6.07 Å². The second-order valence-corrected chi connectivity index (χ2v) is 5.98. The molecule has 1 fully saturated rings. The van der Waals surface area contributed by atoms with Crippen LogP contribution in [-0.2, 0) is 0 Å². The van der Waals surface area contributed by atoms with Gasteiger partial charge >= 0.3 is 0 Å². The number of rotatable bonds is 4. The van der Waals surface area contributed by atoms with E-state index in [1.165, 1.54) is 0 Å². The summed E-state index contributed by atoms with van der Waals surface area (Å²) in [4.78, 5) is 14.6. The van der Waals surface area contributed by atoms with Crippen LogP contribution >= 0.6 is 27.5 Å². The van der Waals surface area contributed by atoms with Gasteiger partial charge in [0.05, 0.1) is 10.6 Å². The van der Waals surface area contributed by atoms with Crippen molar-refractivity contribution in [2.75, 3.05) is 19.6 Å². The van der Waals surface area contributed by atoms with Gasteiger partial charge in [0.2, 0.25) is 0 Å². The summed E-state index contributed by atoms with van der Waals surface area (Å²) in [6.07, 6.45) is 1.96. The Hall–Kier alpha value is -0.580. The molecule has 3 nitrogen and oxygen atoms in total. The molecule has 1 aromatic carbocycles. The molecule has 1 aliphatic heterocycles. The zero-order valence-electron chi connectivity index (χ0n) is 11.0. The van der Waals surface area contributed by atoms with Crippen LogP contribution in [0.5, 0.6) is 0 Å². The Kier molecular flexibility index (Phi) is 5.25. The molecule has 2 rings (SSSR count). The van der Waals surface area contributed by atoms with Crippen molar-refractivity contribution in [3.8, 4) is 0 Å². The number of nitrogens with zero attached hydrogens (tertiary/aromatic N) is 1. The first-order valence-electron chi connectivity index (χ1n) is 6.60. The summed E-state index contributed by atoms with van der Waals surface area (Å²) in [5.74, 6) is 0.0295. The van der Waals surface area contributed by atoms with Crippen LogP contribution in [0.15, 0.2) is 22.7 Å². The summed E-state index contributed by atoms with van der Waals surface area (Å²) in [6, 6.07) is 5.77. The van der Waals surface area contributed by atoms with Crippen molar-refractivity contribution in [3.05, 3.63) is 33.3 Å². The van der Waals surface area contributed by atoms with Crippen LogP contribution in [0.25, 0.3) is 0 Å². The monoisotopic (exact) mass is 344 g/mol. The van der Waals surface area contributed by atoms with E-state index in [-0.39, 0.29) is 11.9 Å². The molecule has 1 saturated heterocycles. The zero-order chi connectivity index (χ0) is 13.8. The van der Waals surface area contributed by atoms with Crippen molar-refractivity contribution >= 4 is 33.4 Å². The largest absolute Gasteiger partial charge is 0.334 e. The Morgan fingerprint density at radius 1 is 1.58 bits per heavy atom. The number of hydrogen-bond donors (Lipinski definition) is 1. The SMILES string of the molecule is CCCN(C(=O)c1cccc(Br)c1Cl)C1CCNC1. The molecule has 0 bridgehead atoms. The van der Waals surface area contributed by atoms with Gasteiger partial charge in [0.25, 0.3) is 5.91 Å². The van der Waals surface area contributed by atoms with Crippen LogP contribution in [0.3, 0.4) is 0 Å². The molecular formula is C14H18BrClN2O. The summed E-state index contributed by atoms with van der Waals surface area (Å²) >= 11 is 9.60. The molecule has 0 aromatic heterocycles. The van der Waals surface area contributed by atoms with Crippen LogP contribution < -0.4 is 5.32 Å². The lowest BCUT2D eigenvalue weighted by molar-refractivity contribution is 0.0692. The van der Waals surface area contributed by atoms with Crippen LogP contribution in [-0.4, -0.2) is 36.5 Å². The Balaban J connectivity index is 2.25. The lowest BCUT2D eigenvalue weighted by Gasteiger charge is -2.28. The molecule has 1 unspecified atom stereocenters. The standard InChI is InChI=1S/C14H18BrClN2O/c1-2-8-18(10-6-7-17-9-10)14(19)11-4-3-5-12(15)13(11)16/h3-5,10,17H,2,6-9H2,1H3. The average Bonchev–Trinajstić information content (AvgIpc) is 2.92. The average molecular weight is 346 g/mol. The second kappa shape index (κ2) is 6.73. The minimum absolute atomic E-state index is 0.0295. The van der Waals surface area contributed by atoms with E-state index in [0.717, 1.165) is 36.9 Å². The predicted octanol–water partition coefficient (Wildman–Crippen LogP) is 3.32. The van der Waals surface area contributed by atoms with E-state index in [4.69, 9.17) is 11.6 Å². The first-order chi connectivity index (χ1) is 9.15. The third-order valence-corrected chi connectivity index (χ3v) is 4.68. The summed E-state index contributed by atoms with van der Waals surface area (Å²) < 4.78 is 0.765. The second-order valence-electron chi connectivity index (χ2n) is 4.75. The molecule has 19 heavy (non-hydrogen) atoms. The van der Waals surface area contributed by atoms with Crippen molar-refractivity contribution in [1.29, 1.82) is 0 Å². The fraction of sp³-hybridized carbons (Fsp3) is 0.500. The Morgan fingerprint density at radius 2 is 2.37 bits per heavy atom. The molecule has 1 atom stereocenters. The van der Waals surface area contributed by atoms with Crippen molar-refractivity contribution < 1.29 is 4.79 Å². The molecule has 0 spiro atoms. The summed E-state index contributed by atoms with van der Waals surface area (Å²) in [5, 5.41) is 3.81. The van der Waals surface area contributed by atoms with Gasteiger partial charge in [-0.2, -0.15) is 0 Å². The number of amides is 1. The van der Waals surface area contributed by atoms with E-state index < -0.39 is 0 Å². The van der Waals surface area contributed by atoms with Crippen molar-refractivity contribution in [3.63, 3.8) is 0 Å². The van der Waals surface area contributed by atoms with Crippen LogP contribution in [0.1, 0.15) is 30.1 Å². The van der Waals surface area contributed by atoms with Gasteiger partial charge in [0, 0.05) is 23.6 Å². The van der Waals surface area contributed by atoms with Gasteiger partial charge in [-0.25, -0.2) is 0 Å². The highest BCUT2D eigenvalue weighted by molar-refractivity contribution is 9.10. The molecular weight excluding hydrogens is 328 g/mol. The highest BCUT2D eigenvalue weighted by Crippen LogP contribution is 2.28. The number of halogens is 2. The number of carbonyl (C=O) groups excluding carboxylic acids is 1. The highest BCUT2D eigenvalue weighted by Gasteiger charge is 2.27. The fourth-order valence-electron chi connectivity index (χ4n) is 2.42. The number of benzene rings is 1. The number of carbonyl (C=O) groups is 1.